The largest absolute Gasteiger partial charge is 0.383 e. The van der Waals surface area contributed by atoms with Gasteiger partial charge >= 0.3 is 0 Å². The Morgan fingerprint density at radius 2 is 1.93 bits per heavy atom. The average Bonchev–Trinajstić information content (AvgIpc) is 2.21. The highest BCUT2D eigenvalue weighted by Gasteiger charge is 2.00. The van der Waals surface area contributed by atoms with Gasteiger partial charge < -0.3 is 15.0 Å². The second-order valence-electron chi connectivity index (χ2n) is 4.36. The molecular formula is C12H28N2O. The summed E-state index contributed by atoms with van der Waals surface area (Å²) in [7, 11) is 1.76. The summed E-state index contributed by atoms with van der Waals surface area (Å²) < 4.78 is 5.07. The van der Waals surface area contributed by atoms with E-state index in [0.29, 0.717) is 0 Å². The Bertz CT molecular complexity index is 129. The molecule has 0 aromatic rings. The number of ether oxygens (including phenoxy) is 1. The lowest BCUT2D eigenvalue weighted by Crippen LogP contribution is -2.34. The Labute approximate surface area is 95.2 Å². The molecule has 92 valence electrons. The second-order valence-corrected chi connectivity index (χ2v) is 4.36. The smallest absolute Gasteiger partial charge is 0.0589 e. The molecule has 0 atom stereocenters. The van der Waals surface area contributed by atoms with Crippen LogP contribution in [0.4, 0.5) is 0 Å². The summed E-state index contributed by atoms with van der Waals surface area (Å²) in [5.74, 6) is 0.799. The molecule has 0 spiro atoms. The summed E-state index contributed by atoms with van der Waals surface area (Å²) in [5.41, 5.74) is 0. The molecule has 0 aliphatic heterocycles. The zero-order valence-corrected chi connectivity index (χ0v) is 10.9. The third-order valence-corrected chi connectivity index (χ3v) is 2.56. The van der Waals surface area contributed by atoms with Crippen LogP contribution in [-0.4, -0.2) is 51.3 Å². The molecule has 0 amide bonds. The molecule has 0 rings (SSSR count). The number of rotatable bonds is 10. The molecule has 3 nitrogen and oxygen atoms in total. The van der Waals surface area contributed by atoms with Crippen molar-refractivity contribution < 1.29 is 4.74 Å². The number of hydrogen-bond acceptors (Lipinski definition) is 3. The van der Waals surface area contributed by atoms with Crippen LogP contribution in [0.5, 0.6) is 0 Å². The van der Waals surface area contributed by atoms with Crippen molar-refractivity contribution in [2.24, 2.45) is 5.92 Å². The number of nitrogens with zero attached hydrogens (tertiary/aromatic N) is 1. The van der Waals surface area contributed by atoms with E-state index in [4.69, 9.17) is 4.74 Å². The lowest BCUT2D eigenvalue weighted by atomic mass is 10.1. The van der Waals surface area contributed by atoms with Gasteiger partial charge in [0.2, 0.25) is 0 Å². The molecule has 0 heterocycles. The summed E-state index contributed by atoms with van der Waals surface area (Å²) in [6.07, 6.45) is 1.27. The fourth-order valence-electron chi connectivity index (χ4n) is 1.40. The van der Waals surface area contributed by atoms with Crippen molar-refractivity contribution in [3.05, 3.63) is 0 Å². The van der Waals surface area contributed by atoms with Crippen LogP contribution in [0.15, 0.2) is 0 Å². The van der Waals surface area contributed by atoms with Crippen LogP contribution in [0.25, 0.3) is 0 Å². The fraction of sp³-hybridized carbons (Fsp3) is 1.00. The number of nitrogens with one attached hydrogen (secondary N) is 1. The predicted molar refractivity (Wildman–Crippen MR) is 66.3 cm³/mol. The Morgan fingerprint density at radius 1 is 1.20 bits per heavy atom. The minimum atomic E-state index is 0.799. The summed E-state index contributed by atoms with van der Waals surface area (Å²) in [5, 5.41) is 3.48. The molecule has 0 saturated heterocycles. The topological polar surface area (TPSA) is 24.5 Å². The summed E-state index contributed by atoms with van der Waals surface area (Å²) in [4.78, 5) is 2.41. The Morgan fingerprint density at radius 3 is 2.47 bits per heavy atom. The van der Waals surface area contributed by atoms with Gasteiger partial charge in [-0.1, -0.05) is 20.8 Å². The van der Waals surface area contributed by atoms with Crippen molar-refractivity contribution in [1.29, 1.82) is 0 Å². The van der Waals surface area contributed by atoms with Crippen LogP contribution >= 0.6 is 0 Å². The molecule has 0 bridgehead atoms. The molecule has 0 fully saturated rings. The molecule has 0 aliphatic carbocycles. The molecule has 0 aromatic carbocycles. The van der Waals surface area contributed by atoms with Crippen molar-refractivity contribution in [2.75, 3.05) is 46.4 Å². The van der Waals surface area contributed by atoms with Gasteiger partial charge in [-0.3, -0.25) is 0 Å². The number of methoxy groups -OCH3 is 1. The van der Waals surface area contributed by atoms with Gasteiger partial charge in [0, 0.05) is 26.7 Å². The fourth-order valence-corrected chi connectivity index (χ4v) is 1.40. The highest BCUT2D eigenvalue weighted by Crippen LogP contribution is 1.96. The number of hydrogen-bond donors (Lipinski definition) is 1. The summed E-state index contributed by atoms with van der Waals surface area (Å²) in [6.45, 7) is 13.1. The van der Waals surface area contributed by atoms with Gasteiger partial charge in [-0.15, -0.1) is 0 Å². The second kappa shape index (κ2) is 10.4. The van der Waals surface area contributed by atoms with E-state index in [0.717, 1.165) is 45.2 Å². The van der Waals surface area contributed by atoms with E-state index < -0.39 is 0 Å². The van der Waals surface area contributed by atoms with Gasteiger partial charge in [-0.05, 0) is 25.4 Å². The lowest BCUT2D eigenvalue weighted by molar-refractivity contribution is 0.151. The highest BCUT2D eigenvalue weighted by atomic mass is 16.5. The molecule has 0 radical (unpaired) electrons. The van der Waals surface area contributed by atoms with Gasteiger partial charge in [0.05, 0.1) is 6.61 Å². The van der Waals surface area contributed by atoms with Crippen LogP contribution in [0.3, 0.4) is 0 Å². The molecule has 0 saturated carbocycles. The van der Waals surface area contributed by atoms with Gasteiger partial charge in [-0.2, -0.15) is 0 Å². The number of likely N-dealkylation sites (N-methyl/N-ethyl adjacent to an activating group) is 1. The SMILES string of the molecule is CCN(CCNCCC(C)C)CCOC. The van der Waals surface area contributed by atoms with Crippen molar-refractivity contribution >= 4 is 0 Å². The third-order valence-electron chi connectivity index (χ3n) is 2.56. The van der Waals surface area contributed by atoms with Crippen LogP contribution < -0.4 is 5.32 Å². The highest BCUT2D eigenvalue weighted by molar-refractivity contribution is 4.58. The lowest BCUT2D eigenvalue weighted by Gasteiger charge is -2.20. The molecule has 3 heteroatoms. The normalized spacial score (nSPS) is 11.6. The first-order valence-corrected chi connectivity index (χ1v) is 6.12. The van der Waals surface area contributed by atoms with Gasteiger partial charge in [-0.25, -0.2) is 0 Å². The first-order valence-electron chi connectivity index (χ1n) is 6.12. The van der Waals surface area contributed by atoms with E-state index in [-0.39, 0.29) is 0 Å². The van der Waals surface area contributed by atoms with E-state index in [9.17, 15) is 0 Å². The average molecular weight is 216 g/mol. The Balaban J connectivity index is 3.30. The summed E-state index contributed by atoms with van der Waals surface area (Å²) >= 11 is 0. The van der Waals surface area contributed by atoms with Gasteiger partial charge in [0.1, 0.15) is 0 Å². The van der Waals surface area contributed by atoms with Gasteiger partial charge in [0.25, 0.3) is 0 Å². The molecule has 1 N–H and O–H groups in total. The zero-order chi connectivity index (χ0) is 11.5. The predicted octanol–water partition coefficient (Wildman–Crippen LogP) is 1.59. The molecule has 15 heavy (non-hydrogen) atoms. The van der Waals surface area contributed by atoms with E-state index in [1.807, 2.05) is 0 Å². The maximum Gasteiger partial charge on any atom is 0.0589 e. The van der Waals surface area contributed by atoms with Crippen LogP contribution in [-0.2, 0) is 4.74 Å². The standard InChI is InChI=1S/C12H28N2O/c1-5-14(10-11-15-4)9-8-13-7-6-12(2)3/h12-13H,5-11H2,1-4H3. The third kappa shape index (κ3) is 10.2. The van der Waals surface area contributed by atoms with Crippen molar-refractivity contribution in [2.45, 2.75) is 27.2 Å². The van der Waals surface area contributed by atoms with E-state index in [1.165, 1.54) is 6.42 Å². The van der Waals surface area contributed by atoms with Crippen molar-refractivity contribution in [3.8, 4) is 0 Å². The minimum absolute atomic E-state index is 0.799. The molecule has 0 aliphatic rings. The maximum absolute atomic E-state index is 5.07. The monoisotopic (exact) mass is 216 g/mol. The van der Waals surface area contributed by atoms with Gasteiger partial charge in [0.15, 0.2) is 0 Å². The molecule has 0 unspecified atom stereocenters. The summed E-state index contributed by atoms with van der Waals surface area (Å²) in [6, 6.07) is 0. The Hall–Kier alpha value is -0.120. The van der Waals surface area contributed by atoms with E-state index in [1.54, 1.807) is 7.11 Å². The van der Waals surface area contributed by atoms with E-state index in [2.05, 4.69) is 31.0 Å². The molecule has 0 aromatic heterocycles. The van der Waals surface area contributed by atoms with Crippen molar-refractivity contribution in [1.82, 2.24) is 10.2 Å². The van der Waals surface area contributed by atoms with Crippen LogP contribution in [0, 0.1) is 5.92 Å². The zero-order valence-electron chi connectivity index (χ0n) is 10.9. The van der Waals surface area contributed by atoms with Crippen LogP contribution in [0.1, 0.15) is 27.2 Å². The quantitative estimate of drug-likeness (QED) is 0.561. The van der Waals surface area contributed by atoms with E-state index >= 15 is 0 Å². The maximum atomic E-state index is 5.07. The first kappa shape index (κ1) is 14.9. The molecular weight excluding hydrogens is 188 g/mol. The van der Waals surface area contributed by atoms with Crippen LogP contribution in [0.2, 0.25) is 0 Å². The minimum Gasteiger partial charge on any atom is -0.383 e. The van der Waals surface area contributed by atoms with Crippen molar-refractivity contribution in [3.63, 3.8) is 0 Å². The Kier molecular flexibility index (Phi) is 10.3. The first-order chi connectivity index (χ1) is 7.20.